The van der Waals surface area contributed by atoms with E-state index in [2.05, 4.69) is 62.3 Å². The van der Waals surface area contributed by atoms with Crippen molar-refractivity contribution in [2.75, 3.05) is 37.6 Å². The Hall–Kier alpha value is -2.50. The summed E-state index contributed by atoms with van der Waals surface area (Å²) >= 11 is 0. The molecule has 1 amide bonds. The third kappa shape index (κ3) is 5.51. The zero-order valence-electron chi connectivity index (χ0n) is 15.5. The van der Waals surface area contributed by atoms with Crippen molar-refractivity contribution in [3.63, 3.8) is 0 Å². The number of rotatable bonds is 8. The van der Waals surface area contributed by atoms with Gasteiger partial charge in [0.15, 0.2) is 5.96 Å². The third-order valence-corrected chi connectivity index (χ3v) is 4.55. The molecule has 2 aliphatic rings. The summed E-state index contributed by atoms with van der Waals surface area (Å²) in [7, 11) is 0. The minimum absolute atomic E-state index is 0.182. The van der Waals surface area contributed by atoms with Crippen LogP contribution < -0.4 is 20.9 Å². The Morgan fingerprint density at radius 2 is 1.77 bits per heavy atom. The highest BCUT2D eigenvalue weighted by atomic mass is 16.2. The summed E-state index contributed by atoms with van der Waals surface area (Å²) in [6, 6.07) is 8.59. The van der Waals surface area contributed by atoms with E-state index in [0.29, 0.717) is 19.6 Å². The Morgan fingerprint density at radius 1 is 1.08 bits per heavy atom. The van der Waals surface area contributed by atoms with Gasteiger partial charge in [-0.25, -0.2) is 4.99 Å². The molecule has 0 spiro atoms. The largest absolute Gasteiger partial charge is 0.364 e. The minimum Gasteiger partial charge on any atom is -0.364 e. The maximum atomic E-state index is 11.6. The highest BCUT2D eigenvalue weighted by molar-refractivity contribution is 5.81. The molecule has 0 radical (unpaired) electrons. The zero-order valence-corrected chi connectivity index (χ0v) is 15.5. The number of guanidine groups is 1. The van der Waals surface area contributed by atoms with Crippen LogP contribution in [0.1, 0.15) is 25.3 Å². The summed E-state index contributed by atoms with van der Waals surface area (Å²) in [6.07, 6.45) is 6.46. The second-order valence-corrected chi connectivity index (χ2v) is 6.73. The quantitative estimate of drug-likeness (QED) is 0.287. The third-order valence-electron chi connectivity index (χ3n) is 4.55. The van der Waals surface area contributed by atoms with E-state index in [1.807, 2.05) is 6.92 Å². The molecule has 0 atom stereocenters. The number of nitrogens with one attached hydrogen (secondary N) is 3. The number of anilines is 1. The SMILES string of the molecule is CCNC(=NCc1ccc(N2CC=CC2)cc1)NCCNC(=O)C1CC1. The van der Waals surface area contributed by atoms with Crippen molar-refractivity contribution in [1.29, 1.82) is 0 Å². The van der Waals surface area contributed by atoms with Crippen LogP contribution in [-0.4, -0.2) is 44.6 Å². The van der Waals surface area contributed by atoms with Gasteiger partial charge in [-0.05, 0) is 37.5 Å². The van der Waals surface area contributed by atoms with Gasteiger partial charge in [-0.3, -0.25) is 4.79 Å². The van der Waals surface area contributed by atoms with Gasteiger partial charge in [-0.2, -0.15) is 0 Å². The van der Waals surface area contributed by atoms with E-state index >= 15 is 0 Å². The first-order chi connectivity index (χ1) is 12.8. The normalized spacial score (nSPS) is 16.7. The first-order valence-corrected chi connectivity index (χ1v) is 9.55. The topological polar surface area (TPSA) is 68.8 Å². The Bertz CT molecular complexity index is 641. The summed E-state index contributed by atoms with van der Waals surface area (Å²) < 4.78 is 0. The van der Waals surface area contributed by atoms with Crippen molar-refractivity contribution in [3.8, 4) is 0 Å². The van der Waals surface area contributed by atoms with Gasteiger partial charge in [0, 0.05) is 44.3 Å². The van der Waals surface area contributed by atoms with Crippen molar-refractivity contribution < 1.29 is 4.79 Å². The van der Waals surface area contributed by atoms with Gasteiger partial charge in [-0.1, -0.05) is 24.3 Å². The molecule has 0 aromatic heterocycles. The molecule has 1 aromatic carbocycles. The molecule has 0 saturated heterocycles. The molecule has 3 N–H and O–H groups in total. The van der Waals surface area contributed by atoms with Gasteiger partial charge in [0.1, 0.15) is 0 Å². The second kappa shape index (κ2) is 9.27. The Labute approximate surface area is 155 Å². The van der Waals surface area contributed by atoms with Gasteiger partial charge in [0.05, 0.1) is 6.54 Å². The number of hydrogen-bond donors (Lipinski definition) is 3. The van der Waals surface area contributed by atoms with E-state index < -0.39 is 0 Å². The highest BCUT2D eigenvalue weighted by Gasteiger charge is 2.28. The zero-order chi connectivity index (χ0) is 18.2. The Kier molecular flexibility index (Phi) is 6.52. The molecule has 0 unspecified atom stereocenters. The van der Waals surface area contributed by atoms with Crippen LogP contribution >= 0.6 is 0 Å². The second-order valence-electron chi connectivity index (χ2n) is 6.73. The lowest BCUT2D eigenvalue weighted by Crippen LogP contribution is -2.41. The molecule has 1 saturated carbocycles. The Balaban J connectivity index is 1.44. The number of carbonyl (C=O) groups excluding carboxylic acids is 1. The number of aliphatic imine (C=N–C) groups is 1. The molecule has 6 heteroatoms. The van der Waals surface area contributed by atoms with Crippen LogP contribution in [0, 0.1) is 5.92 Å². The maximum Gasteiger partial charge on any atom is 0.223 e. The van der Waals surface area contributed by atoms with E-state index in [4.69, 9.17) is 0 Å². The van der Waals surface area contributed by atoms with Crippen LogP contribution in [0.15, 0.2) is 41.4 Å². The van der Waals surface area contributed by atoms with Crippen molar-refractivity contribution in [2.45, 2.75) is 26.3 Å². The van der Waals surface area contributed by atoms with E-state index in [9.17, 15) is 4.79 Å². The highest BCUT2D eigenvalue weighted by Crippen LogP contribution is 2.28. The first-order valence-electron chi connectivity index (χ1n) is 9.55. The monoisotopic (exact) mass is 355 g/mol. The molecular formula is C20H29N5O. The average molecular weight is 355 g/mol. The molecule has 6 nitrogen and oxygen atoms in total. The first kappa shape index (κ1) is 18.3. The molecule has 1 aliphatic heterocycles. The fourth-order valence-electron chi connectivity index (χ4n) is 2.87. The average Bonchev–Trinajstić information content (AvgIpc) is 3.38. The van der Waals surface area contributed by atoms with Crippen LogP contribution in [0.2, 0.25) is 0 Å². The van der Waals surface area contributed by atoms with E-state index in [0.717, 1.165) is 38.4 Å². The predicted molar refractivity (Wildman–Crippen MR) is 106 cm³/mol. The van der Waals surface area contributed by atoms with Crippen LogP contribution in [-0.2, 0) is 11.3 Å². The predicted octanol–water partition coefficient (Wildman–Crippen LogP) is 1.64. The molecule has 1 aliphatic carbocycles. The number of carbonyl (C=O) groups is 1. The summed E-state index contributed by atoms with van der Waals surface area (Å²) in [6.45, 7) is 6.75. The van der Waals surface area contributed by atoms with Crippen LogP contribution in [0.4, 0.5) is 5.69 Å². The molecule has 1 aromatic rings. The maximum absolute atomic E-state index is 11.6. The molecule has 1 fully saturated rings. The summed E-state index contributed by atoms with van der Waals surface area (Å²) in [5.74, 6) is 1.22. The summed E-state index contributed by atoms with van der Waals surface area (Å²) in [5.41, 5.74) is 2.43. The smallest absolute Gasteiger partial charge is 0.223 e. The van der Waals surface area contributed by atoms with Gasteiger partial charge in [0.2, 0.25) is 5.91 Å². The van der Waals surface area contributed by atoms with E-state index in [1.165, 1.54) is 11.3 Å². The number of hydrogen-bond acceptors (Lipinski definition) is 3. The number of benzene rings is 1. The minimum atomic E-state index is 0.182. The lowest BCUT2D eigenvalue weighted by molar-refractivity contribution is -0.122. The van der Waals surface area contributed by atoms with Crippen LogP contribution in [0.5, 0.6) is 0 Å². The van der Waals surface area contributed by atoms with Crippen molar-refractivity contribution in [2.24, 2.45) is 10.9 Å². The summed E-state index contributed by atoms with van der Waals surface area (Å²) in [4.78, 5) is 18.6. The molecule has 1 heterocycles. The summed E-state index contributed by atoms with van der Waals surface area (Å²) in [5, 5.41) is 9.47. The van der Waals surface area contributed by atoms with Gasteiger partial charge in [-0.15, -0.1) is 0 Å². The fourth-order valence-corrected chi connectivity index (χ4v) is 2.87. The van der Waals surface area contributed by atoms with Crippen LogP contribution in [0.3, 0.4) is 0 Å². The van der Waals surface area contributed by atoms with Crippen molar-refractivity contribution in [1.82, 2.24) is 16.0 Å². The van der Waals surface area contributed by atoms with E-state index in [1.54, 1.807) is 0 Å². The number of amides is 1. The molecule has 140 valence electrons. The van der Waals surface area contributed by atoms with Crippen molar-refractivity contribution in [3.05, 3.63) is 42.0 Å². The van der Waals surface area contributed by atoms with Crippen molar-refractivity contribution >= 4 is 17.6 Å². The molecule has 0 bridgehead atoms. The van der Waals surface area contributed by atoms with E-state index in [-0.39, 0.29) is 11.8 Å². The fraction of sp³-hybridized carbons (Fsp3) is 0.500. The molecule has 26 heavy (non-hydrogen) atoms. The van der Waals surface area contributed by atoms with Crippen LogP contribution in [0.25, 0.3) is 0 Å². The van der Waals surface area contributed by atoms with Gasteiger partial charge < -0.3 is 20.9 Å². The molecular weight excluding hydrogens is 326 g/mol. The standard InChI is InChI=1S/C20H29N5O/c1-2-21-20(23-12-11-22-19(26)17-7-8-17)24-15-16-5-9-18(10-6-16)25-13-3-4-14-25/h3-6,9-10,17H,2,7-8,11-15H2,1H3,(H,22,26)(H2,21,23,24). The number of nitrogens with zero attached hydrogens (tertiary/aromatic N) is 2. The lowest BCUT2D eigenvalue weighted by atomic mass is 10.2. The van der Waals surface area contributed by atoms with Gasteiger partial charge >= 0.3 is 0 Å². The lowest BCUT2D eigenvalue weighted by Gasteiger charge is -2.17. The van der Waals surface area contributed by atoms with Gasteiger partial charge in [0.25, 0.3) is 0 Å². The Morgan fingerprint density at radius 3 is 2.42 bits per heavy atom. The molecule has 3 rings (SSSR count).